The maximum atomic E-state index is 13.0. The average molecular weight is 504 g/mol. The molecule has 5 fully saturated rings. The summed E-state index contributed by atoms with van der Waals surface area (Å²) in [7, 11) is 0. The van der Waals surface area contributed by atoms with Crippen LogP contribution in [0.1, 0.15) is 58.3 Å². The van der Waals surface area contributed by atoms with Gasteiger partial charge in [0.1, 0.15) is 11.5 Å². The van der Waals surface area contributed by atoms with Crippen LogP contribution in [0, 0.1) is 17.8 Å². The van der Waals surface area contributed by atoms with Crippen LogP contribution in [0.25, 0.3) is 0 Å². The van der Waals surface area contributed by atoms with Gasteiger partial charge in [0.05, 0.1) is 5.54 Å². The normalized spacial score (nSPS) is 31.7. The third kappa shape index (κ3) is 5.15. The zero-order valence-corrected chi connectivity index (χ0v) is 22.0. The molecule has 0 aromatic heterocycles. The van der Waals surface area contributed by atoms with E-state index in [1.807, 2.05) is 66.4 Å². The van der Waals surface area contributed by atoms with Crippen LogP contribution in [-0.4, -0.2) is 39.9 Å². The number of carbonyl (C=O) groups is 1. The fraction of sp³-hybridized carbons (Fsp3) is 0.533. The molecule has 1 atom stereocenters. The molecule has 1 saturated heterocycles. The van der Waals surface area contributed by atoms with E-state index >= 15 is 0 Å². The van der Waals surface area contributed by atoms with E-state index in [0.29, 0.717) is 6.42 Å². The molecular formula is C30H37N3O2S. The highest BCUT2D eigenvalue weighted by Crippen LogP contribution is 2.57. The highest BCUT2D eigenvalue weighted by atomic mass is 32.2. The van der Waals surface area contributed by atoms with E-state index in [4.69, 9.17) is 9.73 Å². The number of para-hydroxylation sites is 1. The Morgan fingerprint density at radius 3 is 2.28 bits per heavy atom. The minimum atomic E-state index is 0.0643. The molecule has 1 amide bonds. The third-order valence-corrected chi connectivity index (χ3v) is 9.57. The summed E-state index contributed by atoms with van der Waals surface area (Å²) in [6.45, 7) is 3.20. The van der Waals surface area contributed by atoms with Crippen molar-refractivity contribution in [1.82, 2.24) is 4.90 Å². The molecule has 5 aliphatic rings. The maximum absolute atomic E-state index is 13.0. The Hall–Kier alpha value is -2.47. The minimum absolute atomic E-state index is 0.0643. The number of thioether (sulfide) groups is 1. The van der Waals surface area contributed by atoms with E-state index in [-0.39, 0.29) is 17.5 Å². The Bertz CT molecular complexity index is 1070. The highest BCUT2D eigenvalue weighted by molar-refractivity contribution is 8.14. The number of aliphatic imine (C=N–C) groups is 1. The van der Waals surface area contributed by atoms with E-state index in [1.165, 1.54) is 43.7 Å². The quantitative estimate of drug-likeness (QED) is 0.423. The predicted molar refractivity (Wildman–Crippen MR) is 148 cm³/mol. The van der Waals surface area contributed by atoms with Crippen molar-refractivity contribution in [3.63, 3.8) is 0 Å². The van der Waals surface area contributed by atoms with E-state index in [0.717, 1.165) is 53.7 Å². The zero-order chi connectivity index (χ0) is 24.5. The number of carbonyl (C=O) groups excluding carboxylic acids is 1. The summed E-state index contributed by atoms with van der Waals surface area (Å²) in [5, 5.41) is 4.30. The Labute approximate surface area is 219 Å². The summed E-state index contributed by atoms with van der Waals surface area (Å²) < 4.78 is 5.86. The van der Waals surface area contributed by atoms with Gasteiger partial charge in [0.15, 0.2) is 5.17 Å². The summed E-state index contributed by atoms with van der Waals surface area (Å²) >= 11 is 1.88. The molecule has 2 aromatic rings. The Morgan fingerprint density at radius 1 is 1.00 bits per heavy atom. The lowest BCUT2D eigenvalue weighted by Crippen LogP contribution is -2.50. The molecule has 7 rings (SSSR count). The SMILES string of the molecule is CCCN1C(=NC23CC4CC(CC(C4)C2)C3)SCC1CC(=O)Nc1ccc(Oc2ccccc2)cc1. The molecule has 1 N–H and O–H groups in total. The second-order valence-corrected chi connectivity index (χ2v) is 12.4. The summed E-state index contributed by atoms with van der Waals surface area (Å²) in [6, 6.07) is 17.5. The van der Waals surface area contributed by atoms with Crippen molar-refractivity contribution in [3.05, 3.63) is 54.6 Å². The van der Waals surface area contributed by atoms with Gasteiger partial charge in [-0.05, 0) is 99.1 Å². The second-order valence-electron chi connectivity index (χ2n) is 11.4. The standard InChI is InChI=1S/C30H37N3O2S/c1-2-12-33-25(20-36-29(33)32-30-17-21-13-22(18-30)15-23(14-21)19-30)16-28(34)31-24-8-10-27(11-9-24)35-26-6-4-3-5-7-26/h3-11,21-23,25H,2,12-20H2,1H3,(H,31,34). The molecule has 4 saturated carbocycles. The molecule has 5 nitrogen and oxygen atoms in total. The number of amidine groups is 1. The summed E-state index contributed by atoms with van der Waals surface area (Å²) in [5.74, 6) is 5.27. The van der Waals surface area contributed by atoms with Crippen molar-refractivity contribution in [2.75, 3.05) is 17.6 Å². The molecule has 1 heterocycles. The Kier molecular flexibility index (Phi) is 6.72. The van der Waals surface area contributed by atoms with Crippen molar-refractivity contribution < 1.29 is 9.53 Å². The Morgan fingerprint density at radius 2 is 1.64 bits per heavy atom. The molecular weight excluding hydrogens is 466 g/mol. The lowest BCUT2D eigenvalue weighted by Gasteiger charge is -2.55. The van der Waals surface area contributed by atoms with Crippen LogP contribution in [0.15, 0.2) is 59.6 Å². The first-order valence-electron chi connectivity index (χ1n) is 13.7. The number of amides is 1. The topological polar surface area (TPSA) is 53.9 Å². The number of nitrogens with one attached hydrogen (secondary N) is 1. The molecule has 36 heavy (non-hydrogen) atoms. The van der Waals surface area contributed by atoms with Crippen molar-refractivity contribution >= 4 is 28.5 Å². The zero-order valence-electron chi connectivity index (χ0n) is 21.2. The van der Waals surface area contributed by atoms with Gasteiger partial charge in [0.25, 0.3) is 0 Å². The largest absolute Gasteiger partial charge is 0.457 e. The molecule has 2 aromatic carbocycles. The summed E-state index contributed by atoms with van der Waals surface area (Å²) in [4.78, 5) is 20.9. The van der Waals surface area contributed by atoms with Gasteiger partial charge < -0.3 is 15.0 Å². The number of ether oxygens (including phenoxy) is 1. The van der Waals surface area contributed by atoms with Crippen LogP contribution in [0.3, 0.4) is 0 Å². The molecule has 1 aliphatic heterocycles. The first-order chi connectivity index (χ1) is 17.6. The lowest BCUT2D eigenvalue weighted by molar-refractivity contribution is -0.116. The van der Waals surface area contributed by atoms with Gasteiger partial charge in [-0.2, -0.15) is 0 Å². The number of hydrogen-bond donors (Lipinski definition) is 1. The molecule has 4 bridgehead atoms. The molecule has 190 valence electrons. The number of benzene rings is 2. The van der Waals surface area contributed by atoms with Crippen molar-refractivity contribution in [1.29, 1.82) is 0 Å². The molecule has 6 heteroatoms. The fourth-order valence-electron chi connectivity index (χ4n) is 7.35. The maximum Gasteiger partial charge on any atom is 0.226 e. The molecule has 1 unspecified atom stereocenters. The number of anilines is 1. The number of nitrogens with zero attached hydrogens (tertiary/aromatic N) is 2. The van der Waals surface area contributed by atoms with Crippen LogP contribution < -0.4 is 10.1 Å². The van der Waals surface area contributed by atoms with Gasteiger partial charge >= 0.3 is 0 Å². The van der Waals surface area contributed by atoms with E-state index in [2.05, 4.69) is 17.1 Å². The minimum Gasteiger partial charge on any atom is -0.457 e. The van der Waals surface area contributed by atoms with Crippen molar-refractivity contribution in [3.8, 4) is 11.5 Å². The molecule has 0 radical (unpaired) electrons. The van der Waals surface area contributed by atoms with Gasteiger partial charge in [-0.1, -0.05) is 36.9 Å². The second kappa shape index (κ2) is 10.1. The van der Waals surface area contributed by atoms with Gasteiger partial charge in [0, 0.05) is 30.4 Å². The van der Waals surface area contributed by atoms with Crippen LogP contribution in [-0.2, 0) is 4.79 Å². The first-order valence-corrected chi connectivity index (χ1v) is 14.7. The highest BCUT2D eigenvalue weighted by Gasteiger charge is 2.51. The monoisotopic (exact) mass is 503 g/mol. The van der Waals surface area contributed by atoms with Gasteiger partial charge in [-0.25, -0.2) is 0 Å². The smallest absolute Gasteiger partial charge is 0.226 e. The number of rotatable bonds is 8. The average Bonchev–Trinajstić information content (AvgIpc) is 3.20. The Balaban J connectivity index is 1.08. The van der Waals surface area contributed by atoms with Crippen molar-refractivity contribution in [2.24, 2.45) is 22.7 Å². The summed E-state index contributed by atoms with van der Waals surface area (Å²) in [5.41, 5.74) is 0.986. The number of hydrogen-bond acceptors (Lipinski definition) is 4. The lowest BCUT2D eigenvalue weighted by atomic mass is 9.53. The molecule has 4 aliphatic carbocycles. The fourth-order valence-corrected chi connectivity index (χ4v) is 8.65. The van der Waals surface area contributed by atoms with Gasteiger partial charge in [-0.15, -0.1) is 0 Å². The van der Waals surface area contributed by atoms with E-state index < -0.39 is 0 Å². The third-order valence-electron chi connectivity index (χ3n) is 8.43. The van der Waals surface area contributed by atoms with Gasteiger partial charge in [0.2, 0.25) is 5.91 Å². The van der Waals surface area contributed by atoms with Crippen molar-refractivity contribution in [2.45, 2.75) is 69.9 Å². The van der Waals surface area contributed by atoms with Crippen LogP contribution in [0.5, 0.6) is 11.5 Å². The van der Waals surface area contributed by atoms with Gasteiger partial charge in [-0.3, -0.25) is 9.79 Å². The first kappa shape index (κ1) is 23.9. The van der Waals surface area contributed by atoms with E-state index in [1.54, 1.807) is 0 Å². The predicted octanol–water partition coefficient (Wildman–Crippen LogP) is 6.96. The van der Waals surface area contributed by atoms with Crippen LogP contribution in [0.2, 0.25) is 0 Å². The van der Waals surface area contributed by atoms with Crippen LogP contribution in [0.4, 0.5) is 5.69 Å². The molecule has 0 spiro atoms. The van der Waals surface area contributed by atoms with E-state index in [9.17, 15) is 4.79 Å². The summed E-state index contributed by atoms with van der Waals surface area (Å²) in [6.07, 6.45) is 9.76. The van der Waals surface area contributed by atoms with Crippen LogP contribution >= 0.6 is 11.8 Å².